The smallest absolute Gasteiger partial charge is 0.264 e. The zero-order valence-corrected chi connectivity index (χ0v) is 35.3. The minimum atomic E-state index is -3.58. The summed E-state index contributed by atoms with van der Waals surface area (Å²) in [5.74, 6) is -0.626. The normalized spacial score (nSPS) is 23.7. The number of fused-ring (bicyclic) bond motifs is 2. The molecule has 0 saturated carbocycles. The van der Waals surface area contributed by atoms with Gasteiger partial charge in [0, 0.05) is 41.5 Å². The first-order valence-electron chi connectivity index (χ1n) is 20.7. The van der Waals surface area contributed by atoms with Crippen LogP contribution in [0.25, 0.3) is 0 Å². The summed E-state index contributed by atoms with van der Waals surface area (Å²) < 4.78 is 29.3. The van der Waals surface area contributed by atoms with Crippen molar-refractivity contribution in [3.8, 4) is 5.75 Å². The van der Waals surface area contributed by atoms with Crippen molar-refractivity contribution >= 4 is 43.2 Å². The lowest BCUT2D eigenvalue weighted by molar-refractivity contribution is -0.150. The summed E-state index contributed by atoms with van der Waals surface area (Å²) in [4.78, 5) is 51.1. The third-order valence-electron chi connectivity index (χ3n) is 13.0. The van der Waals surface area contributed by atoms with Gasteiger partial charge < -0.3 is 38.7 Å². The van der Waals surface area contributed by atoms with E-state index in [1.165, 1.54) is 0 Å². The maximum absolute atomic E-state index is 16.7. The van der Waals surface area contributed by atoms with Gasteiger partial charge in [0.15, 0.2) is 5.60 Å². The Labute approximate surface area is 346 Å². The molecule has 4 aromatic rings. The molecule has 4 heterocycles. The molecule has 3 amide bonds. The number of hydrogen-bond acceptors (Lipinski definition) is 8. The summed E-state index contributed by atoms with van der Waals surface area (Å²) in [6, 6.07) is 32.8. The number of hydrogen-bond donors (Lipinski definition) is 2. The minimum Gasteiger partial charge on any atom is -0.497 e. The van der Waals surface area contributed by atoms with Crippen LogP contribution in [0.4, 0.5) is 21.2 Å². The van der Waals surface area contributed by atoms with Crippen molar-refractivity contribution in [2.24, 2.45) is 5.92 Å². The number of nitrogens with zero attached hydrogens (tertiary/aromatic N) is 4. The van der Waals surface area contributed by atoms with Crippen LogP contribution in [-0.4, -0.2) is 87.8 Å². The van der Waals surface area contributed by atoms with Gasteiger partial charge in [-0.2, -0.15) is 0 Å². The Bertz CT molecular complexity index is 2180. The van der Waals surface area contributed by atoms with Crippen LogP contribution in [0.3, 0.4) is 0 Å². The third-order valence-corrected chi connectivity index (χ3v) is 15.4. The number of aliphatic hydroxyl groups excluding tert-OH is 1. The van der Waals surface area contributed by atoms with Crippen molar-refractivity contribution in [1.29, 1.82) is 0 Å². The minimum absolute atomic E-state index is 0.0628. The number of aliphatic hydroxyl groups is 1. The van der Waals surface area contributed by atoms with Gasteiger partial charge in [0.2, 0.25) is 14.3 Å². The molecule has 3 saturated heterocycles. The van der Waals surface area contributed by atoms with Gasteiger partial charge in [0.05, 0.1) is 45.1 Å². The van der Waals surface area contributed by atoms with Crippen molar-refractivity contribution in [3.05, 3.63) is 120 Å². The molecule has 13 heteroatoms. The Morgan fingerprint density at radius 2 is 1.61 bits per heavy atom. The second-order valence-electron chi connectivity index (χ2n) is 16.9. The number of carbonyl (C=O) groups is 3. The second kappa shape index (κ2) is 16.2. The molecule has 59 heavy (non-hydrogen) atoms. The maximum atomic E-state index is 16.7. The number of nitrogens with one attached hydrogen (secondary N) is 1. The van der Waals surface area contributed by atoms with E-state index in [-0.39, 0.29) is 50.4 Å². The van der Waals surface area contributed by atoms with Gasteiger partial charge in [0.25, 0.3) is 11.8 Å². The second-order valence-corrected chi connectivity index (χ2v) is 20.7. The zero-order valence-electron chi connectivity index (χ0n) is 34.3. The van der Waals surface area contributed by atoms with Gasteiger partial charge in [-0.15, -0.1) is 0 Å². The van der Waals surface area contributed by atoms with E-state index in [0.717, 1.165) is 35.6 Å². The topological polar surface area (TPSA) is 115 Å². The van der Waals surface area contributed by atoms with E-state index in [0.29, 0.717) is 36.5 Å². The number of benzene rings is 4. The molecular weight excluding hydrogens is 766 g/mol. The number of para-hydroxylation sites is 1. The molecule has 4 aliphatic rings. The summed E-state index contributed by atoms with van der Waals surface area (Å²) >= 11 is 0. The number of halogens is 1. The van der Waals surface area contributed by atoms with Crippen molar-refractivity contribution in [2.75, 3.05) is 54.7 Å². The first kappa shape index (κ1) is 40.7. The predicted octanol–water partition coefficient (Wildman–Crippen LogP) is 6.36. The van der Waals surface area contributed by atoms with Crippen molar-refractivity contribution in [1.82, 2.24) is 10.2 Å². The van der Waals surface area contributed by atoms with Crippen LogP contribution in [-0.2, 0) is 37.8 Å². The van der Waals surface area contributed by atoms with Crippen molar-refractivity contribution < 1.29 is 33.1 Å². The number of ether oxygens (including phenoxy) is 2. The van der Waals surface area contributed by atoms with E-state index in [2.05, 4.69) is 22.3 Å². The Morgan fingerprint density at radius 3 is 2.29 bits per heavy atom. The first-order valence-corrected chi connectivity index (χ1v) is 23.6. The summed E-state index contributed by atoms with van der Waals surface area (Å²) in [7, 11) is -2.02. The van der Waals surface area contributed by atoms with E-state index < -0.39 is 37.1 Å². The fourth-order valence-electron chi connectivity index (χ4n) is 10.2. The highest BCUT2D eigenvalue weighted by Crippen LogP contribution is 2.61. The molecule has 11 nitrogen and oxygen atoms in total. The Morgan fingerprint density at radius 1 is 0.932 bits per heavy atom. The molecule has 0 aromatic heterocycles. The summed E-state index contributed by atoms with van der Waals surface area (Å²) in [6.07, 6.45) is 0.361. The Balaban J connectivity index is 1.11. The van der Waals surface area contributed by atoms with Crippen LogP contribution in [0.1, 0.15) is 42.9 Å². The highest BCUT2D eigenvalue weighted by Gasteiger charge is 2.67. The first-order chi connectivity index (χ1) is 28.4. The fourth-order valence-corrected chi connectivity index (χ4v) is 12.7. The van der Waals surface area contributed by atoms with Gasteiger partial charge in [0.1, 0.15) is 11.3 Å². The number of anilines is 3. The highest BCUT2D eigenvalue weighted by atomic mass is 28.4. The van der Waals surface area contributed by atoms with Crippen LogP contribution < -0.4 is 24.8 Å². The fraction of sp³-hybridized carbons (Fsp3) is 0.413. The van der Waals surface area contributed by atoms with Gasteiger partial charge in [-0.25, -0.2) is 0 Å². The van der Waals surface area contributed by atoms with E-state index in [1.807, 2.05) is 90.7 Å². The molecule has 0 aliphatic carbocycles. The molecule has 2 spiro atoms. The molecule has 0 radical (unpaired) electrons. The molecule has 4 atom stereocenters. The van der Waals surface area contributed by atoms with E-state index in [1.54, 1.807) is 42.1 Å². The lowest BCUT2D eigenvalue weighted by Crippen LogP contribution is -2.55. The Kier molecular flexibility index (Phi) is 11.2. The molecule has 310 valence electrons. The quantitative estimate of drug-likeness (QED) is 0.126. The monoisotopic (exact) mass is 819 g/mol. The Hall–Kier alpha value is -5.08. The third kappa shape index (κ3) is 7.21. The van der Waals surface area contributed by atoms with Gasteiger partial charge in [-0.05, 0) is 92.6 Å². The number of amides is 3. The van der Waals surface area contributed by atoms with E-state index in [9.17, 15) is 14.7 Å². The standard InChI is InChI=1S/C46H54FN5O6Si/c1-32-42(59(3,4)47)40(28-41(54)49(24-25-53)29-33-12-7-5-8-13-33)58-46(32)38-27-37(57-2)18-19-39(38)50(44(46)56)30-34-14-11-17-36(26-34)51-31-52(35-15-9-6-10-16-35)45(43(51)55)20-22-48-23-21-45/h5-19,26-27,32,40,42,48,53H,20-25,28-31H2,1-4H3/t32-,40+,42-,46+/m1/s1. The molecule has 2 N–H and O–H groups in total. The highest BCUT2D eigenvalue weighted by molar-refractivity contribution is 6.72. The van der Waals surface area contributed by atoms with Crippen LogP contribution in [0.2, 0.25) is 18.6 Å². The van der Waals surface area contributed by atoms with Crippen LogP contribution >= 0.6 is 0 Å². The van der Waals surface area contributed by atoms with Crippen molar-refractivity contribution in [3.63, 3.8) is 0 Å². The summed E-state index contributed by atoms with van der Waals surface area (Å²) in [5.41, 5.74) is 1.76. The van der Waals surface area contributed by atoms with Crippen LogP contribution in [0.15, 0.2) is 103 Å². The molecule has 8 rings (SSSR count). The average Bonchev–Trinajstić information content (AvgIpc) is 3.78. The van der Waals surface area contributed by atoms with Gasteiger partial charge >= 0.3 is 0 Å². The number of piperidine rings is 1. The maximum Gasteiger partial charge on any atom is 0.264 e. The molecular formula is C46H54FN5O6Si. The molecule has 0 unspecified atom stereocenters. The van der Waals surface area contributed by atoms with Crippen LogP contribution in [0.5, 0.6) is 5.75 Å². The number of carbonyl (C=O) groups excluding carboxylic acids is 3. The summed E-state index contributed by atoms with van der Waals surface area (Å²) in [5, 5.41) is 13.3. The number of methoxy groups -OCH3 is 1. The lowest BCUT2D eigenvalue weighted by atomic mass is 9.82. The van der Waals surface area contributed by atoms with E-state index >= 15 is 8.90 Å². The molecule has 3 fully saturated rings. The van der Waals surface area contributed by atoms with Crippen LogP contribution in [0, 0.1) is 5.92 Å². The zero-order chi connectivity index (χ0) is 41.5. The SMILES string of the molecule is COc1ccc2c(c1)[C@]1(O[C@@H](CC(=O)N(CCO)Cc3ccccc3)[C@H]([Si](C)(C)F)[C@H]1C)C(=O)N2Cc1cccc(N2CN(c3ccccc3)C3(CCNCC3)C2=O)c1. The number of rotatable bonds is 12. The van der Waals surface area contributed by atoms with Gasteiger partial charge in [-0.1, -0.05) is 67.6 Å². The summed E-state index contributed by atoms with van der Waals surface area (Å²) in [6.45, 7) is 7.35. The molecule has 4 aromatic carbocycles. The van der Waals surface area contributed by atoms with Gasteiger partial charge in [-0.3, -0.25) is 19.3 Å². The lowest BCUT2D eigenvalue weighted by Gasteiger charge is -2.39. The largest absolute Gasteiger partial charge is 0.497 e. The predicted molar refractivity (Wildman–Crippen MR) is 228 cm³/mol. The molecule has 0 bridgehead atoms. The van der Waals surface area contributed by atoms with E-state index in [4.69, 9.17) is 9.47 Å². The molecule has 4 aliphatic heterocycles. The van der Waals surface area contributed by atoms with Crippen molar-refractivity contribution in [2.45, 2.75) is 75.2 Å². The average molecular weight is 820 g/mol.